The number of imidazole rings is 1. The van der Waals surface area contributed by atoms with Crippen LogP contribution in [-0.4, -0.2) is 15.6 Å². The van der Waals surface area contributed by atoms with E-state index >= 15 is 0 Å². The van der Waals surface area contributed by atoms with Crippen molar-refractivity contribution in [1.82, 2.24) is 15.3 Å². The second-order valence-electron chi connectivity index (χ2n) is 5.13. The summed E-state index contributed by atoms with van der Waals surface area (Å²) >= 11 is 0. The molecule has 0 saturated heterocycles. The average Bonchev–Trinajstić information content (AvgIpc) is 2.91. The van der Waals surface area contributed by atoms with E-state index in [1.54, 1.807) is 6.33 Å². The highest BCUT2D eigenvalue weighted by Crippen LogP contribution is 2.42. The molecule has 0 radical (unpaired) electrons. The molecule has 18 heavy (non-hydrogen) atoms. The van der Waals surface area contributed by atoms with Gasteiger partial charge < -0.3 is 15.0 Å². The maximum Gasteiger partial charge on any atom is 0.125 e. The molecule has 0 fully saturated rings. The summed E-state index contributed by atoms with van der Waals surface area (Å²) in [4.78, 5) is 7.12. The molecular formula is C14H17N3O. The van der Waals surface area contributed by atoms with Crippen LogP contribution in [0.1, 0.15) is 31.1 Å². The van der Waals surface area contributed by atoms with Crippen LogP contribution in [0.25, 0.3) is 0 Å². The SMILES string of the molecule is CC1(C)Oc2ccccc2C1NCc1cnc[nH]1. The van der Waals surface area contributed by atoms with Gasteiger partial charge in [-0.05, 0) is 19.9 Å². The monoisotopic (exact) mass is 243 g/mol. The molecule has 94 valence electrons. The zero-order valence-corrected chi connectivity index (χ0v) is 10.6. The van der Waals surface area contributed by atoms with Crippen molar-refractivity contribution < 1.29 is 4.74 Å². The van der Waals surface area contributed by atoms with E-state index in [9.17, 15) is 0 Å². The number of H-pyrrole nitrogens is 1. The number of nitrogens with one attached hydrogen (secondary N) is 2. The highest BCUT2D eigenvalue weighted by Gasteiger charge is 2.40. The molecule has 2 heterocycles. The van der Waals surface area contributed by atoms with E-state index in [-0.39, 0.29) is 11.6 Å². The zero-order chi connectivity index (χ0) is 12.6. The lowest BCUT2D eigenvalue weighted by molar-refractivity contribution is 0.0957. The molecule has 4 heteroatoms. The summed E-state index contributed by atoms with van der Waals surface area (Å²) < 4.78 is 5.99. The van der Waals surface area contributed by atoms with Gasteiger partial charge in [0.2, 0.25) is 0 Å². The third kappa shape index (κ3) is 1.88. The lowest BCUT2D eigenvalue weighted by atomic mass is 9.94. The van der Waals surface area contributed by atoms with Crippen LogP contribution in [0.5, 0.6) is 5.75 Å². The molecular weight excluding hydrogens is 226 g/mol. The number of ether oxygens (including phenoxy) is 1. The smallest absolute Gasteiger partial charge is 0.125 e. The summed E-state index contributed by atoms with van der Waals surface area (Å²) in [6.45, 7) is 4.97. The van der Waals surface area contributed by atoms with E-state index in [0.29, 0.717) is 0 Å². The Hall–Kier alpha value is -1.81. The van der Waals surface area contributed by atoms with Crippen LogP contribution < -0.4 is 10.1 Å². The van der Waals surface area contributed by atoms with Gasteiger partial charge in [-0.25, -0.2) is 4.98 Å². The number of aromatic nitrogens is 2. The van der Waals surface area contributed by atoms with E-state index in [2.05, 4.69) is 41.3 Å². The Morgan fingerprint density at radius 1 is 1.39 bits per heavy atom. The second-order valence-corrected chi connectivity index (χ2v) is 5.13. The van der Waals surface area contributed by atoms with Gasteiger partial charge in [-0.15, -0.1) is 0 Å². The van der Waals surface area contributed by atoms with E-state index in [0.717, 1.165) is 18.0 Å². The Kier molecular flexibility index (Phi) is 2.59. The van der Waals surface area contributed by atoms with Gasteiger partial charge in [0.1, 0.15) is 11.4 Å². The Bertz CT molecular complexity index is 534. The van der Waals surface area contributed by atoms with Crippen LogP contribution >= 0.6 is 0 Å². The van der Waals surface area contributed by atoms with Crippen molar-refractivity contribution in [2.75, 3.05) is 0 Å². The Morgan fingerprint density at radius 2 is 2.22 bits per heavy atom. The van der Waals surface area contributed by atoms with Gasteiger partial charge >= 0.3 is 0 Å². The third-order valence-corrected chi connectivity index (χ3v) is 3.35. The fourth-order valence-electron chi connectivity index (χ4n) is 2.48. The van der Waals surface area contributed by atoms with E-state index < -0.39 is 0 Å². The van der Waals surface area contributed by atoms with Crippen LogP contribution in [0.3, 0.4) is 0 Å². The van der Waals surface area contributed by atoms with Crippen LogP contribution in [0.4, 0.5) is 0 Å². The minimum Gasteiger partial charge on any atom is -0.486 e. The summed E-state index contributed by atoms with van der Waals surface area (Å²) in [6, 6.07) is 8.39. The number of fused-ring (bicyclic) bond motifs is 1. The van der Waals surface area contributed by atoms with Gasteiger partial charge in [0.05, 0.1) is 12.4 Å². The van der Waals surface area contributed by atoms with Crippen LogP contribution in [0.2, 0.25) is 0 Å². The van der Waals surface area contributed by atoms with Gasteiger partial charge in [-0.2, -0.15) is 0 Å². The van der Waals surface area contributed by atoms with Gasteiger partial charge in [0.15, 0.2) is 0 Å². The molecule has 1 unspecified atom stereocenters. The van der Waals surface area contributed by atoms with Crippen molar-refractivity contribution in [2.45, 2.75) is 32.0 Å². The minimum atomic E-state index is -0.232. The molecule has 0 amide bonds. The van der Waals surface area contributed by atoms with Crippen LogP contribution in [-0.2, 0) is 6.54 Å². The molecule has 2 N–H and O–H groups in total. The van der Waals surface area contributed by atoms with Gasteiger partial charge in [-0.1, -0.05) is 18.2 Å². The number of hydrogen-bond acceptors (Lipinski definition) is 3. The van der Waals surface area contributed by atoms with Gasteiger partial charge in [0, 0.05) is 24.0 Å². The van der Waals surface area contributed by atoms with Crippen molar-refractivity contribution in [3.05, 3.63) is 48.0 Å². The number of aromatic amines is 1. The lowest BCUT2D eigenvalue weighted by Crippen LogP contribution is -2.38. The normalized spacial score (nSPS) is 20.4. The Morgan fingerprint density at radius 3 is 3.00 bits per heavy atom. The molecule has 2 aromatic rings. The highest BCUT2D eigenvalue weighted by atomic mass is 16.5. The number of hydrogen-bond donors (Lipinski definition) is 2. The average molecular weight is 243 g/mol. The van der Waals surface area contributed by atoms with E-state index in [4.69, 9.17) is 4.74 Å². The molecule has 3 rings (SSSR count). The topological polar surface area (TPSA) is 49.9 Å². The Balaban J connectivity index is 1.81. The van der Waals surface area contributed by atoms with Gasteiger partial charge in [-0.3, -0.25) is 0 Å². The largest absolute Gasteiger partial charge is 0.486 e. The first-order valence-corrected chi connectivity index (χ1v) is 6.15. The fourth-order valence-corrected chi connectivity index (χ4v) is 2.48. The number of rotatable bonds is 3. The fraction of sp³-hybridized carbons (Fsp3) is 0.357. The van der Waals surface area contributed by atoms with E-state index in [1.807, 2.05) is 18.3 Å². The van der Waals surface area contributed by atoms with Crippen molar-refractivity contribution in [2.24, 2.45) is 0 Å². The van der Waals surface area contributed by atoms with Gasteiger partial charge in [0.25, 0.3) is 0 Å². The summed E-state index contributed by atoms with van der Waals surface area (Å²) in [5.41, 5.74) is 2.07. The van der Waals surface area contributed by atoms with Crippen LogP contribution in [0, 0.1) is 0 Å². The maximum absolute atomic E-state index is 5.99. The Labute approximate surface area is 106 Å². The molecule has 1 aliphatic heterocycles. The summed E-state index contributed by atoms with van der Waals surface area (Å²) in [6.07, 6.45) is 3.53. The quantitative estimate of drug-likeness (QED) is 0.870. The lowest BCUT2D eigenvalue weighted by Gasteiger charge is -2.27. The highest BCUT2D eigenvalue weighted by molar-refractivity contribution is 5.42. The van der Waals surface area contributed by atoms with Crippen LogP contribution in [0.15, 0.2) is 36.8 Å². The number of nitrogens with zero attached hydrogens (tertiary/aromatic N) is 1. The molecule has 1 aromatic heterocycles. The number of benzene rings is 1. The van der Waals surface area contributed by atoms with Crippen molar-refractivity contribution in [1.29, 1.82) is 0 Å². The molecule has 1 aliphatic rings. The molecule has 0 spiro atoms. The van der Waals surface area contributed by atoms with Crippen molar-refractivity contribution in [3.63, 3.8) is 0 Å². The predicted molar refractivity (Wildman–Crippen MR) is 69.3 cm³/mol. The summed E-state index contributed by atoms with van der Waals surface area (Å²) in [7, 11) is 0. The third-order valence-electron chi connectivity index (χ3n) is 3.35. The summed E-state index contributed by atoms with van der Waals surface area (Å²) in [5, 5.41) is 3.53. The first-order chi connectivity index (χ1) is 8.67. The maximum atomic E-state index is 5.99. The molecule has 0 bridgehead atoms. The predicted octanol–water partition coefficient (Wildman–Crippen LogP) is 2.41. The first-order valence-electron chi connectivity index (χ1n) is 6.15. The summed E-state index contributed by atoms with van der Waals surface area (Å²) in [5.74, 6) is 0.976. The molecule has 0 saturated carbocycles. The number of para-hydroxylation sites is 1. The zero-order valence-electron chi connectivity index (χ0n) is 10.6. The minimum absolute atomic E-state index is 0.192. The molecule has 1 atom stereocenters. The molecule has 1 aromatic carbocycles. The molecule has 4 nitrogen and oxygen atoms in total. The molecule has 0 aliphatic carbocycles. The standard InChI is InChI=1S/C14H17N3O/c1-14(2)13(16-8-10-7-15-9-17-10)11-5-3-4-6-12(11)18-14/h3-7,9,13,16H,8H2,1-2H3,(H,15,17). The van der Waals surface area contributed by atoms with Crippen molar-refractivity contribution in [3.8, 4) is 5.75 Å². The first kappa shape index (κ1) is 11.3. The second kappa shape index (κ2) is 4.14. The van der Waals surface area contributed by atoms with Crippen molar-refractivity contribution >= 4 is 0 Å². The van der Waals surface area contributed by atoms with E-state index in [1.165, 1.54) is 5.56 Å².